The fraction of sp³-hybridized carbons (Fsp3) is 0.312. The normalized spacial score (nSPS) is 10.6. The molecule has 7 heteroatoms. The van der Waals surface area contributed by atoms with Crippen molar-refractivity contribution < 1.29 is 28.6 Å². The van der Waals surface area contributed by atoms with Crippen molar-refractivity contribution in [1.82, 2.24) is 5.32 Å². The van der Waals surface area contributed by atoms with Gasteiger partial charge in [0.2, 0.25) is 0 Å². The van der Waals surface area contributed by atoms with Gasteiger partial charge in [-0.3, -0.25) is 5.32 Å². The number of alkyl carbamates (subject to hydrolysis) is 1. The average molecular weight is 321 g/mol. The third kappa shape index (κ3) is 7.12. The summed E-state index contributed by atoms with van der Waals surface area (Å²) in [5.74, 6) is -1.61. The van der Waals surface area contributed by atoms with Crippen LogP contribution in [0.25, 0.3) is 0 Å². The van der Waals surface area contributed by atoms with Crippen LogP contribution in [0.3, 0.4) is 0 Å². The summed E-state index contributed by atoms with van der Waals surface area (Å²) in [4.78, 5) is 34.9. The Morgan fingerprint density at radius 1 is 1.00 bits per heavy atom. The van der Waals surface area contributed by atoms with Crippen molar-refractivity contribution in [3.63, 3.8) is 0 Å². The van der Waals surface area contributed by atoms with Crippen LogP contribution in [0.15, 0.2) is 42.1 Å². The Bertz CT molecular complexity index is 567. The molecule has 23 heavy (non-hydrogen) atoms. The van der Waals surface area contributed by atoms with E-state index in [9.17, 15) is 14.4 Å². The minimum atomic E-state index is -0.877. The lowest BCUT2D eigenvalue weighted by Crippen LogP contribution is -2.30. The molecule has 124 valence electrons. The summed E-state index contributed by atoms with van der Waals surface area (Å²) in [6.07, 6.45) is -0.0249. The molecule has 1 aromatic rings. The Morgan fingerprint density at radius 2 is 1.65 bits per heavy atom. The molecule has 0 aliphatic heterocycles. The molecule has 0 unspecified atom stereocenters. The molecule has 0 spiro atoms. The third-order valence-electron chi connectivity index (χ3n) is 2.49. The molecule has 0 saturated carbocycles. The standard InChI is InChI=1S/C16H19NO6/c1-3-21-14(18)10-13(15(19)22-4-2)17-16(20)23-11-12-8-6-5-7-9-12/h5-10H,3-4,11H2,1-2H3,(H,17,20)/b13-10+. The largest absolute Gasteiger partial charge is 0.463 e. The zero-order valence-electron chi connectivity index (χ0n) is 13.0. The predicted octanol–water partition coefficient (Wildman–Crippen LogP) is 1.92. The number of amides is 1. The summed E-state index contributed by atoms with van der Waals surface area (Å²) in [5, 5.41) is 2.19. The van der Waals surface area contributed by atoms with Crippen molar-refractivity contribution in [3.8, 4) is 0 Å². The molecule has 1 rings (SSSR count). The highest BCUT2D eigenvalue weighted by Gasteiger charge is 2.17. The maximum absolute atomic E-state index is 11.7. The van der Waals surface area contributed by atoms with Crippen molar-refractivity contribution in [1.29, 1.82) is 0 Å². The number of ether oxygens (including phenoxy) is 3. The first-order chi connectivity index (χ1) is 11.1. The molecule has 0 atom stereocenters. The van der Waals surface area contributed by atoms with Gasteiger partial charge in [-0.25, -0.2) is 14.4 Å². The van der Waals surface area contributed by atoms with Crippen LogP contribution in [0.4, 0.5) is 4.79 Å². The Morgan fingerprint density at radius 3 is 2.26 bits per heavy atom. The van der Waals surface area contributed by atoms with E-state index < -0.39 is 18.0 Å². The zero-order chi connectivity index (χ0) is 17.1. The van der Waals surface area contributed by atoms with Crippen LogP contribution >= 0.6 is 0 Å². The molecule has 0 aliphatic carbocycles. The van der Waals surface area contributed by atoms with Gasteiger partial charge in [0.25, 0.3) is 0 Å². The quantitative estimate of drug-likeness (QED) is 0.469. The van der Waals surface area contributed by atoms with Gasteiger partial charge >= 0.3 is 18.0 Å². The van der Waals surface area contributed by atoms with E-state index in [2.05, 4.69) is 5.32 Å². The highest BCUT2D eigenvalue weighted by Crippen LogP contribution is 2.02. The Balaban J connectivity index is 2.66. The van der Waals surface area contributed by atoms with Gasteiger partial charge in [0.1, 0.15) is 12.3 Å². The van der Waals surface area contributed by atoms with Gasteiger partial charge in [0, 0.05) is 0 Å². The summed E-state index contributed by atoms with van der Waals surface area (Å²) < 4.78 is 14.4. The lowest BCUT2D eigenvalue weighted by Gasteiger charge is -2.10. The van der Waals surface area contributed by atoms with Crippen LogP contribution in [0.1, 0.15) is 19.4 Å². The van der Waals surface area contributed by atoms with Crippen LogP contribution in [0.2, 0.25) is 0 Å². The highest BCUT2D eigenvalue weighted by atomic mass is 16.6. The summed E-state index contributed by atoms with van der Waals surface area (Å²) in [7, 11) is 0. The first-order valence-corrected chi connectivity index (χ1v) is 7.10. The van der Waals surface area contributed by atoms with E-state index in [0.29, 0.717) is 0 Å². The van der Waals surface area contributed by atoms with Gasteiger partial charge in [-0.15, -0.1) is 0 Å². The number of hydrogen-bond donors (Lipinski definition) is 1. The maximum atomic E-state index is 11.7. The molecule has 1 N–H and O–H groups in total. The molecule has 1 amide bonds. The van der Waals surface area contributed by atoms with Gasteiger partial charge < -0.3 is 14.2 Å². The first kappa shape index (κ1) is 18.2. The van der Waals surface area contributed by atoms with Gasteiger partial charge in [-0.1, -0.05) is 30.3 Å². The van der Waals surface area contributed by atoms with Gasteiger partial charge in [0.15, 0.2) is 0 Å². The van der Waals surface area contributed by atoms with E-state index in [-0.39, 0.29) is 25.5 Å². The molecule has 0 saturated heterocycles. The zero-order valence-corrected chi connectivity index (χ0v) is 13.0. The number of rotatable bonds is 7. The topological polar surface area (TPSA) is 90.9 Å². The van der Waals surface area contributed by atoms with Crippen molar-refractivity contribution in [3.05, 3.63) is 47.7 Å². The van der Waals surface area contributed by atoms with Gasteiger partial charge in [-0.2, -0.15) is 0 Å². The van der Waals surface area contributed by atoms with E-state index in [4.69, 9.17) is 14.2 Å². The van der Waals surface area contributed by atoms with Gasteiger partial charge in [-0.05, 0) is 19.4 Å². The SMILES string of the molecule is CCOC(=O)/C=C(/NC(=O)OCc1ccccc1)C(=O)OCC. The minimum absolute atomic E-state index is 0.0299. The fourth-order valence-corrected chi connectivity index (χ4v) is 1.53. The lowest BCUT2D eigenvalue weighted by atomic mass is 10.2. The molecule has 7 nitrogen and oxygen atoms in total. The molecule has 0 radical (unpaired) electrons. The van der Waals surface area contributed by atoms with Crippen LogP contribution in [0, 0.1) is 0 Å². The number of carbonyl (C=O) groups excluding carboxylic acids is 3. The Labute approximate surface area is 134 Å². The van der Waals surface area contributed by atoms with E-state index >= 15 is 0 Å². The maximum Gasteiger partial charge on any atom is 0.412 e. The van der Waals surface area contributed by atoms with Gasteiger partial charge in [0.05, 0.1) is 19.3 Å². The van der Waals surface area contributed by atoms with E-state index in [1.54, 1.807) is 38.1 Å². The summed E-state index contributed by atoms with van der Waals surface area (Å²) in [6.45, 7) is 3.50. The second-order valence-corrected chi connectivity index (χ2v) is 4.22. The second kappa shape index (κ2) is 9.99. The Hall–Kier alpha value is -2.83. The van der Waals surface area contributed by atoms with Crippen molar-refractivity contribution in [2.45, 2.75) is 20.5 Å². The van der Waals surface area contributed by atoms with E-state index in [1.165, 1.54) is 0 Å². The van der Waals surface area contributed by atoms with Crippen molar-refractivity contribution in [2.24, 2.45) is 0 Å². The fourth-order valence-electron chi connectivity index (χ4n) is 1.53. The third-order valence-corrected chi connectivity index (χ3v) is 2.49. The monoisotopic (exact) mass is 321 g/mol. The molecular formula is C16H19NO6. The summed E-state index contributed by atoms with van der Waals surface area (Å²) in [6, 6.07) is 9.02. The summed E-state index contributed by atoms with van der Waals surface area (Å²) in [5.41, 5.74) is 0.443. The smallest absolute Gasteiger partial charge is 0.412 e. The molecule has 0 fully saturated rings. The second-order valence-electron chi connectivity index (χ2n) is 4.22. The van der Waals surface area contributed by atoms with Crippen LogP contribution in [0.5, 0.6) is 0 Å². The van der Waals surface area contributed by atoms with E-state index in [0.717, 1.165) is 11.6 Å². The molecule has 0 aliphatic rings. The number of hydrogen-bond acceptors (Lipinski definition) is 6. The number of carbonyl (C=O) groups is 3. The van der Waals surface area contributed by atoms with Crippen LogP contribution in [-0.4, -0.2) is 31.2 Å². The van der Waals surface area contributed by atoms with Crippen molar-refractivity contribution >= 4 is 18.0 Å². The van der Waals surface area contributed by atoms with Crippen LogP contribution in [-0.2, 0) is 30.4 Å². The predicted molar refractivity (Wildman–Crippen MR) is 81.1 cm³/mol. The summed E-state index contributed by atoms with van der Waals surface area (Å²) >= 11 is 0. The Kier molecular flexibility index (Phi) is 7.91. The molecule has 0 heterocycles. The van der Waals surface area contributed by atoms with E-state index in [1.807, 2.05) is 6.07 Å². The number of benzene rings is 1. The molecule has 0 aromatic heterocycles. The van der Waals surface area contributed by atoms with Crippen molar-refractivity contribution in [2.75, 3.05) is 13.2 Å². The average Bonchev–Trinajstić information content (AvgIpc) is 2.54. The number of nitrogens with one attached hydrogen (secondary N) is 1. The molecular weight excluding hydrogens is 302 g/mol. The number of esters is 2. The van der Waals surface area contributed by atoms with Crippen LogP contribution < -0.4 is 5.32 Å². The molecule has 0 bridgehead atoms. The minimum Gasteiger partial charge on any atom is -0.463 e. The lowest BCUT2D eigenvalue weighted by molar-refractivity contribution is -0.141. The first-order valence-electron chi connectivity index (χ1n) is 7.10. The molecule has 1 aromatic carbocycles. The highest BCUT2D eigenvalue weighted by molar-refractivity contribution is 5.98.